The third-order valence-electron chi connectivity index (χ3n) is 3.67. The molecule has 110 valence electrons. The van der Waals surface area contributed by atoms with Gasteiger partial charge in [0.1, 0.15) is 0 Å². The number of nitrogens with one attached hydrogen (secondary N) is 1. The van der Waals surface area contributed by atoms with Gasteiger partial charge in [0.05, 0.1) is 9.21 Å². The summed E-state index contributed by atoms with van der Waals surface area (Å²) in [5.74, 6) is 0.194. The molecular weight excluding hydrogens is 300 g/mol. The summed E-state index contributed by atoms with van der Waals surface area (Å²) >= 11 is 7.07. The van der Waals surface area contributed by atoms with Crippen molar-refractivity contribution in [2.75, 3.05) is 13.1 Å². The van der Waals surface area contributed by atoms with E-state index in [0.29, 0.717) is 28.2 Å². The van der Waals surface area contributed by atoms with Gasteiger partial charge in [-0.2, -0.15) is 0 Å². The first-order chi connectivity index (χ1) is 9.47. The van der Waals surface area contributed by atoms with Gasteiger partial charge in [-0.05, 0) is 37.8 Å². The first kappa shape index (κ1) is 15.1. The van der Waals surface area contributed by atoms with Gasteiger partial charge in [-0.1, -0.05) is 11.6 Å². The number of carbonyl (C=O) groups excluding carboxylic acids is 1. The highest BCUT2D eigenvalue weighted by molar-refractivity contribution is 7.17. The molecule has 2 rings (SSSR count). The third kappa shape index (κ3) is 3.64. The fourth-order valence-corrected chi connectivity index (χ4v) is 3.37. The minimum Gasteiger partial charge on any atom is -0.465 e. The molecule has 0 bridgehead atoms. The van der Waals surface area contributed by atoms with Crippen LogP contribution in [0.4, 0.5) is 4.79 Å². The summed E-state index contributed by atoms with van der Waals surface area (Å²) in [7, 11) is 0. The van der Waals surface area contributed by atoms with Crippen LogP contribution in [0.25, 0.3) is 0 Å². The van der Waals surface area contributed by atoms with Crippen molar-refractivity contribution in [1.82, 2.24) is 10.2 Å². The molecule has 0 radical (unpaired) electrons. The van der Waals surface area contributed by atoms with Gasteiger partial charge in [0, 0.05) is 19.1 Å². The molecule has 2 N–H and O–H groups in total. The molecule has 0 saturated carbocycles. The van der Waals surface area contributed by atoms with Gasteiger partial charge in [-0.25, -0.2) is 4.79 Å². The number of rotatable bonds is 3. The largest absolute Gasteiger partial charge is 0.465 e. The Labute approximate surface area is 126 Å². The molecule has 1 fully saturated rings. The molecule has 1 aliphatic heterocycles. The minimum atomic E-state index is -0.867. The van der Waals surface area contributed by atoms with E-state index in [2.05, 4.69) is 5.32 Å². The molecule has 2 amide bonds. The van der Waals surface area contributed by atoms with Gasteiger partial charge in [-0.3, -0.25) is 4.79 Å². The van der Waals surface area contributed by atoms with Gasteiger partial charge < -0.3 is 15.3 Å². The van der Waals surface area contributed by atoms with E-state index in [1.165, 1.54) is 16.2 Å². The second-order valence-corrected chi connectivity index (χ2v) is 6.69. The van der Waals surface area contributed by atoms with Crippen LogP contribution < -0.4 is 5.32 Å². The van der Waals surface area contributed by atoms with Gasteiger partial charge in [-0.15, -0.1) is 11.3 Å². The average molecular weight is 317 g/mol. The molecule has 20 heavy (non-hydrogen) atoms. The van der Waals surface area contributed by atoms with Crippen LogP contribution >= 0.6 is 22.9 Å². The molecule has 1 aromatic heterocycles. The van der Waals surface area contributed by atoms with Crippen LogP contribution in [-0.4, -0.2) is 41.1 Å². The Morgan fingerprint density at radius 3 is 2.60 bits per heavy atom. The molecule has 7 heteroatoms. The lowest BCUT2D eigenvalue weighted by Crippen LogP contribution is -2.45. The first-order valence-electron chi connectivity index (χ1n) is 6.51. The van der Waals surface area contributed by atoms with Gasteiger partial charge in [0.2, 0.25) is 0 Å². The van der Waals surface area contributed by atoms with E-state index in [1.807, 2.05) is 6.92 Å². The summed E-state index contributed by atoms with van der Waals surface area (Å²) in [6.07, 6.45) is 0.686. The van der Waals surface area contributed by atoms with Gasteiger partial charge >= 0.3 is 6.09 Å². The van der Waals surface area contributed by atoms with Crippen LogP contribution in [-0.2, 0) is 0 Å². The van der Waals surface area contributed by atoms with Crippen molar-refractivity contribution >= 4 is 34.9 Å². The summed E-state index contributed by atoms with van der Waals surface area (Å²) < 4.78 is 0.595. The highest BCUT2D eigenvalue weighted by Crippen LogP contribution is 2.23. The van der Waals surface area contributed by atoms with E-state index in [9.17, 15) is 9.59 Å². The summed E-state index contributed by atoms with van der Waals surface area (Å²) in [4.78, 5) is 24.9. The molecule has 1 aliphatic rings. The van der Waals surface area contributed by atoms with E-state index >= 15 is 0 Å². The number of hydrogen-bond acceptors (Lipinski definition) is 3. The Kier molecular flexibility index (Phi) is 4.88. The summed E-state index contributed by atoms with van der Waals surface area (Å²) in [6.45, 7) is 3.03. The molecule has 0 unspecified atom stereocenters. The predicted molar refractivity (Wildman–Crippen MR) is 78.6 cm³/mol. The zero-order valence-corrected chi connectivity index (χ0v) is 12.7. The second-order valence-electron chi connectivity index (χ2n) is 4.97. The highest BCUT2D eigenvalue weighted by atomic mass is 35.5. The van der Waals surface area contributed by atoms with Crippen molar-refractivity contribution in [2.24, 2.45) is 5.92 Å². The maximum absolute atomic E-state index is 12.0. The molecule has 0 aliphatic carbocycles. The molecule has 0 spiro atoms. The fourth-order valence-electron chi connectivity index (χ4n) is 2.42. The monoisotopic (exact) mass is 316 g/mol. The normalized spacial score (nSPS) is 17.8. The Balaban J connectivity index is 1.85. The number of amides is 2. The number of piperidine rings is 1. The maximum atomic E-state index is 12.0. The summed E-state index contributed by atoms with van der Waals surface area (Å²) in [5.41, 5.74) is 0. The number of halogens is 1. The second kappa shape index (κ2) is 6.45. The van der Waals surface area contributed by atoms with Crippen molar-refractivity contribution in [1.29, 1.82) is 0 Å². The van der Waals surface area contributed by atoms with Crippen LogP contribution in [0, 0.1) is 5.92 Å². The Bertz CT molecular complexity index is 498. The maximum Gasteiger partial charge on any atom is 0.407 e. The number of thiophene rings is 1. The van der Waals surface area contributed by atoms with Crippen molar-refractivity contribution in [2.45, 2.75) is 25.8 Å². The quantitative estimate of drug-likeness (QED) is 0.900. The van der Waals surface area contributed by atoms with E-state index in [-0.39, 0.29) is 11.9 Å². The predicted octanol–water partition coefficient (Wildman–Crippen LogP) is 2.91. The average Bonchev–Trinajstić information content (AvgIpc) is 2.85. The van der Waals surface area contributed by atoms with E-state index < -0.39 is 6.09 Å². The van der Waals surface area contributed by atoms with Crippen LogP contribution in [0.5, 0.6) is 0 Å². The van der Waals surface area contributed by atoms with Crippen LogP contribution in [0.2, 0.25) is 4.34 Å². The fraction of sp³-hybridized carbons (Fsp3) is 0.538. The minimum absolute atomic E-state index is 0.0271. The van der Waals surface area contributed by atoms with Gasteiger partial charge in [0.15, 0.2) is 0 Å². The molecule has 5 nitrogen and oxygen atoms in total. The lowest BCUT2D eigenvalue weighted by molar-refractivity contribution is 0.0894. The lowest BCUT2D eigenvalue weighted by atomic mass is 9.90. The molecule has 0 aromatic carbocycles. The van der Waals surface area contributed by atoms with Crippen molar-refractivity contribution < 1.29 is 14.7 Å². The van der Waals surface area contributed by atoms with E-state index in [4.69, 9.17) is 16.7 Å². The smallest absolute Gasteiger partial charge is 0.407 e. The number of carboxylic acid groups (broad SMARTS) is 1. The number of nitrogens with zero attached hydrogens (tertiary/aromatic N) is 1. The SMILES string of the molecule is C[C@H](NC(=O)c1ccc(Cl)s1)C1CCN(C(=O)O)CC1. The standard InChI is InChI=1S/C13H17ClN2O3S/c1-8(9-4-6-16(7-5-9)13(18)19)15-12(17)10-2-3-11(14)20-10/h2-3,8-9H,4-7H2,1H3,(H,15,17)(H,18,19)/t8-/m0/s1. The molecule has 1 saturated heterocycles. The molecule has 1 atom stereocenters. The first-order valence-corrected chi connectivity index (χ1v) is 7.71. The van der Waals surface area contributed by atoms with Gasteiger partial charge in [0.25, 0.3) is 5.91 Å². The van der Waals surface area contributed by atoms with Crippen LogP contribution in [0.15, 0.2) is 12.1 Å². The topological polar surface area (TPSA) is 69.6 Å². The van der Waals surface area contributed by atoms with E-state index in [0.717, 1.165) is 12.8 Å². The molecule has 2 heterocycles. The van der Waals surface area contributed by atoms with Crippen molar-refractivity contribution in [3.05, 3.63) is 21.3 Å². The van der Waals surface area contributed by atoms with Crippen molar-refractivity contribution in [3.8, 4) is 0 Å². The molecular formula is C13H17ClN2O3S. The molecule has 1 aromatic rings. The van der Waals surface area contributed by atoms with Crippen LogP contribution in [0.1, 0.15) is 29.4 Å². The Hall–Kier alpha value is -1.27. The zero-order chi connectivity index (χ0) is 14.7. The summed E-state index contributed by atoms with van der Waals surface area (Å²) in [5, 5.41) is 11.9. The third-order valence-corrected chi connectivity index (χ3v) is 4.90. The Morgan fingerprint density at radius 2 is 2.10 bits per heavy atom. The lowest BCUT2D eigenvalue weighted by Gasteiger charge is -2.33. The zero-order valence-electron chi connectivity index (χ0n) is 11.1. The van der Waals surface area contributed by atoms with Crippen LogP contribution in [0.3, 0.4) is 0 Å². The van der Waals surface area contributed by atoms with E-state index in [1.54, 1.807) is 12.1 Å². The highest BCUT2D eigenvalue weighted by Gasteiger charge is 2.27. The number of hydrogen-bond donors (Lipinski definition) is 2. The van der Waals surface area contributed by atoms with Crippen molar-refractivity contribution in [3.63, 3.8) is 0 Å². The number of carbonyl (C=O) groups is 2. The summed E-state index contributed by atoms with van der Waals surface area (Å²) in [6, 6.07) is 3.44. The number of likely N-dealkylation sites (tertiary alicyclic amines) is 1. The Morgan fingerprint density at radius 1 is 1.45 bits per heavy atom.